The van der Waals surface area contributed by atoms with Gasteiger partial charge >= 0.3 is 0 Å². The van der Waals surface area contributed by atoms with E-state index in [0.29, 0.717) is 39.7 Å². The number of nitrogens with one attached hydrogen (secondary N) is 1. The van der Waals surface area contributed by atoms with Crippen LogP contribution in [0.3, 0.4) is 0 Å². The van der Waals surface area contributed by atoms with Crippen LogP contribution >= 0.6 is 0 Å². The van der Waals surface area contributed by atoms with E-state index in [-0.39, 0.29) is 5.56 Å². The molecule has 0 atom stereocenters. The molecule has 0 aliphatic rings. The van der Waals surface area contributed by atoms with Crippen molar-refractivity contribution < 1.29 is 9.15 Å². The number of oxazole rings is 1. The number of rotatable bonds is 5. The fourth-order valence-electron chi connectivity index (χ4n) is 2.47. The van der Waals surface area contributed by atoms with E-state index >= 15 is 0 Å². The Hall–Kier alpha value is -2.63. The number of benzene rings is 1. The lowest BCUT2D eigenvalue weighted by Crippen LogP contribution is -2.13. The number of hydrogen-bond donors (Lipinski definition) is 1. The lowest BCUT2D eigenvalue weighted by molar-refractivity contribution is 0.415. The summed E-state index contributed by atoms with van der Waals surface area (Å²) in [6.07, 6.45) is 4.65. The van der Waals surface area contributed by atoms with E-state index in [9.17, 15) is 4.79 Å². The first kappa shape index (κ1) is 15.3. The summed E-state index contributed by atoms with van der Waals surface area (Å²) in [4.78, 5) is 23.7. The SMILES string of the molecule is COc1cc2nc(CCC(C)C)[nH]c(=O)c2cc1-c1cnco1. The number of fused-ring (bicyclic) bond motifs is 1. The lowest BCUT2D eigenvalue weighted by Gasteiger charge is -2.09. The van der Waals surface area contributed by atoms with Crippen LogP contribution in [-0.2, 0) is 6.42 Å². The number of aryl methyl sites for hydroxylation is 1. The summed E-state index contributed by atoms with van der Waals surface area (Å²) in [7, 11) is 1.58. The molecule has 0 saturated carbocycles. The molecule has 0 aliphatic heterocycles. The molecule has 0 radical (unpaired) electrons. The molecule has 3 rings (SSSR count). The third-order valence-electron chi connectivity index (χ3n) is 3.73. The molecule has 3 aromatic rings. The van der Waals surface area contributed by atoms with Crippen LogP contribution in [0.15, 0.2) is 33.9 Å². The van der Waals surface area contributed by atoms with E-state index in [1.54, 1.807) is 25.4 Å². The Balaban J connectivity index is 2.12. The van der Waals surface area contributed by atoms with Crippen LogP contribution in [0.4, 0.5) is 0 Å². The predicted molar refractivity (Wildman–Crippen MR) is 87.6 cm³/mol. The van der Waals surface area contributed by atoms with Gasteiger partial charge in [0.2, 0.25) is 0 Å². The van der Waals surface area contributed by atoms with Gasteiger partial charge in [0.05, 0.1) is 29.8 Å². The number of H-pyrrole nitrogens is 1. The van der Waals surface area contributed by atoms with Gasteiger partial charge < -0.3 is 14.1 Å². The van der Waals surface area contributed by atoms with E-state index in [0.717, 1.165) is 12.8 Å². The maximum Gasteiger partial charge on any atom is 0.258 e. The summed E-state index contributed by atoms with van der Waals surface area (Å²) < 4.78 is 10.7. The number of nitrogens with zero attached hydrogens (tertiary/aromatic N) is 2. The zero-order valence-corrected chi connectivity index (χ0v) is 13.4. The van der Waals surface area contributed by atoms with Crippen molar-refractivity contribution >= 4 is 10.9 Å². The van der Waals surface area contributed by atoms with Crippen LogP contribution in [0.5, 0.6) is 5.75 Å². The van der Waals surface area contributed by atoms with E-state index < -0.39 is 0 Å². The van der Waals surface area contributed by atoms with E-state index in [1.807, 2.05) is 0 Å². The molecule has 6 heteroatoms. The van der Waals surface area contributed by atoms with Gasteiger partial charge in [-0.1, -0.05) is 13.8 Å². The molecule has 120 valence electrons. The minimum absolute atomic E-state index is 0.155. The first-order valence-corrected chi connectivity index (χ1v) is 7.58. The molecule has 0 amide bonds. The normalized spacial score (nSPS) is 11.3. The van der Waals surface area contributed by atoms with Crippen LogP contribution in [0, 0.1) is 5.92 Å². The first-order valence-electron chi connectivity index (χ1n) is 7.58. The summed E-state index contributed by atoms with van der Waals surface area (Å²) >= 11 is 0. The van der Waals surface area contributed by atoms with Gasteiger partial charge in [0, 0.05) is 12.5 Å². The Morgan fingerprint density at radius 2 is 2.17 bits per heavy atom. The molecule has 0 unspecified atom stereocenters. The second kappa shape index (κ2) is 6.24. The van der Waals surface area contributed by atoms with Crippen molar-refractivity contribution in [1.29, 1.82) is 0 Å². The van der Waals surface area contributed by atoms with Gasteiger partial charge in [0.1, 0.15) is 11.6 Å². The van der Waals surface area contributed by atoms with E-state index in [2.05, 4.69) is 28.8 Å². The van der Waals surface area contributed by atoms with Gasteiger partial charge in [0.15, 0.2) is 12.2 Å². The lowest BCUT2D eigenvalue weighted by atomic mass is 10.1. The molecule has 2 heterocycles. The largest absolute Gasteiger partial charge is 0.496 e. The Kier molecular flexibility index (Phi) is 4.14. The summed E-state index contributed by atoms with van der Waals surface area (Å²) in [5.41, 5.74) is 1.14. The highest BCUT2D eigenvalue weighted by Gasteiger charge is 2.14. The Morgan fingerprint density at radius 3 is 2.83 bits per heavy atom. The zero-order chi connectivity index (χ0) is 16.4. The van der Waals surface area contributed by atoms with E-state index in [4.69, 9.17) is 9.15 Å². The van der Waals surface area contributed by atoms with Crippen LogP contribution in [-0.4, -0.2) is 22.1 Å². The summed E-state index contributed by atoms with van der Waals surface area (Å²) in [6, 6.07) is 3.49. The smallest absolute Gasteiger partial charge is 0.258 e. The molecule has 1 aromatic carbocycles. The molecular weight excluding hydrogens is 294 g/mol. The molecule has 2 aromatic heterocycles. The van der Waals surface area contributed by atoms with Crippen molar-refractivity contribution in [3.05, 3.63) is 40.9 Å². The van der Waals surface area contributed by atoms with Crippen LogP contribution in [0.2, 0.25) is 0 Å². The Bertz CT molecular complexity index is 867. The highest BCUT2D eigenvalue weighted by molar-refractivity contribution is 5.86. The Labute approximate surface area is 133 Å². The topological polar surface area (TPSA) is 81.0 Å². The highest BCUT2D eigenvalue weighted by atomic mass is 16.5. The number of ether oxygens (including phenoxy) is 1. The van der Waals surface area contributed by atoms with Crippen molar-refractivity contribution in [2.75, 3.05) is 7.11 Å². The van der Waals surface area contributed by atoms with Crippen molar-refractivity contribution in [3.63, 3.8) is 0 Å². The monoisotopic (exact) mass is 313 g/mol. The average molecular weight is 313 g/mol. The summed E-state index contributed by atoms with van der Waals surface area (Å²) in [5.74, 6) is 2.40. The fraction of sp³-hybridized carbons (Fsp3) is 0.353. The number of hydrogen-bond acceptors (Lipinski definition) is 5. The quantitative estimate of drug-likeness (QED) is 0.782. The summed E-state index contributed by atoms with van der Waals surface area (Å²) in [5, 5.41) is 0.505. The van der Waals surface area contributed by atoms with Crippen LogP contribution in [0.25, 0.3) is 22.2 Å². The zero-order valence-electron chi connectivity index (χ0n) is 13.4. The Morgan fingerprint density at radius 1 is 1.35 bits per heavy atom. The van der Waals surface area contributed by atoms with Crippen LogP contribution in [0.1, 0.15) is 26.1 Å². The molecule has 1 N–H and O–H groups in total. The van der Waals surface area contributed by atoms with Gasteiger partial charge in [-0.05, 0) is 18.4 Å². The number of methoxy groups -OCH3 is 1. The molecule has 0 aliphatic carbocycles. The molecule has 6 nitrogen and oxygen atoms in total. The molecule has 0 fully saturated rings. The number of aromatic amines is 1. The maximum absolute atomic E-state index is 12.4. The summed E-state index contributed by atoms with van der Waals surface area (Å²) in [6.45, 7) is 4.29. The predicted octanol–water partition coefficient (Wildman–Crippen LogP) is 3.18. The third kappa shape index (κ3) is 3.11. The third-order valence-corrected chi connectivity index (χ3v) is 3.73. The average Bonchev–Trinajstić information content (AvgIpc) is 3.06. The second-order valence-electron chi connectivity index (χ2n) is 5.88. The highest BCUT2D eigenvalue weighted by Crippen LogP contribution is 2.32. The maximum atomic E-state index is 12.4. The molecule has 0 bridgehead atoms. The van der Waals surface area contributed by atoms with Gasteiger partial charge in [-0.3, -0.25) is 4.79 Å². The molecule has 0 saturated heterocycles. The van der Waals surface area contributed by atoms with Gasteiger partial charge in [-0.15, -0.1) is 0 Å². The van der Waals surface area contributed by atoms with Gasteiger partial charge in [0.25, 0.3) is 5.56 Å². The minimum atomic E-state index is -0.155. The van der Waals surface area contributed by atoms with Crippen LogP contribution < -0.4 is 10.3 Å². The van der Waals surface area contributed by atoms with Crippen molar-refractivity contribution in [1.82, 2.24) is 15.0 Å². The molecule has 23 heavy (non-hydrogen) atoms. The van der Waals surface area contributed by atoms with Crippen molar-refractivity contribution in [3.8, 4) is 17.1 Å². The molecule has 0 spiro atoms. The standard InChI is InChI=1S/C17H19N3O3/c1-10(2)4-5-16-19-13-7-14(22-3)12(15-8-18-9-23-15)6-11(13)17(21)20-16/h6-10H,4-5H2,1-3H3,(H,19,20,21). The second-order valence-corrected chi connectivity index (χ2v) is 5.88. The van der Waals surface area contributed by atoms with Crippen molar-refractivity contribution in [2.24, 2.45) is 5.92 Å². The van der Waals surface area contributed by atoms with Crippen molar-refractivity contribution in [2.45, 2.75) is 26.7 Å². The molecular formula is C17H19N3O3. The van der Waals surface area contributed by atoms with E-state index in [1.165, 1.54) is 6.39 Å². The van der Waals surface area contributed by atoms with Gasteiger partial charge in [-0.25, -0.2) is 9.97 Å². The number of aromatic nitrogens is 3. The van der Waals surface area contributed by atoms with Gasteiger partial charge in [-0.2, -0.15) is 0 Å². The minimum Gasteiger partial charge on any atom is -0.496 e. The fourth-order valence-corrected chi connectivity index (χ4v) is 2.47. The first-order chi connectivity index (χ1) is 11.1.